The third kappa shape index (κ3) is 5.32. The Morgan fingerprint density at radius 3 is 2.74 bits per heavy atom. The van der Waals surface area contributed by atoms with E-state index >= 15 is 0 Å². The first-order valence-corrected chi connectivity index (χ1v) is 12.1. The Morgan fingerprint density at radius 1 is 1.18 bits per heavy atom. The van der Waals surface area contributed by atoms with Crippen LogP contribution >= 0.6 is 0 Å². The van der Waals surface area contributed by atoms with Gasteiger partial charge in [-0.25, -0.2) is 9.97 Å². The van der Waals surface area contributed by atoms with Gasteiger partial charge < -0.3 is 19.4 Å². The van der Waals surface area contributed by atoms with E-state index < -0.39 is 0 Å². The molecule has 0 saturated carbocycles. The minimum atomic E-state index is -0.304. The predicted molar refractivity (Wildman–Crippen MR) is 131 cm³/mol. The van der Waals surface area contributed by atoms with Crippen LogP contribution in [0, 0.1) is 6.92 Å². The van der Waals surface area contributed by atoms with Crippen molar-refractivity contribution in [3.8, 4) is 5.75 Å². The molecule has 8 nitrogen and oxygen atoms in total. The smallest absolute Gasteiger partial charge is 0.254 e. The molecule has 2 aromatic rings. The lowest BCUT2D eigenvalue weighted by Gasteiger charge is -2.39. The molecule has 0 bridgehead atoms. The van der Waals surface area contributed by atoms with Crippen molar-refractivity contribution in [1.29, 1.82) is 0 Å². The van der Waals surface area contributed by atoms with Gasteiger partial charge in [0.15, 0.2) is 0 Å². The lowest BCUT2D eigenvalue weighted by Crippen LogP contribution is -2.48. The largest absolute Gasteiger partial charge is 0.492 e. The number of carbonyl (C=O) groups excluding carboxylic acids is 2. The Bertz CT molecular complexity index is 1060. The number of ether oxygens (including phenoxy) is 1. The molecule has 34 heavy (non-hydrogen) atoms. The van der Waals surface area contributed by atoms with E-state index in [0.29, 0.717) is 44.0 Å². The summed E-state index contributed by atoms with van der Waals surface area (Å²) in [6.07, 6.45) is 3.38. The van der Waals surface area contributed by atoms with Gasteiger partial charge in [0.2, 0.25) is 5.91 Å². The second kappa shape index (κ2) is 9.99. The summed E-state index contributed by atoms with van der Waals surface area (Å²) in [7, 11) is 3.95. The summed E-state index contributed by atoms with van der Waals surface area (Å²) < 4.78 is 5.86. The molecule has 8 heteroatoms. The van der Waals surface area contributed by atoms with E-state index in [2.05, 4.69) is 6.92 Å². The molecule has 0 aliphatic carbocycles. The molecule has 2 aliphatic rings. The van der Waals surface area contributed by atoms with Gasteiger partial charge in [0, 0.05) is 62.9 Å². The Balaban J connectivity index is 1.44. The second-order valence-electron chi connectivity index (χ2n) is 9.84. The van der Waals surface area contributed by atoms with Gasteiger partial charge in [-0.2, -0.15) is 0 Å². The number of anilines is 1. The van der Waals surface area contributed by atoms with E-state index in [9.17, 15) is 9.59 Å². The number of amides is 2. The predicted octanol–water partition coefficient (Wildman–Crippen LogP) is 3.05. The normalized spacial score (nSPS) is 20.5. The van der Waals surface area contributed by atoms with E-state index in [1.807, 2.05) is 60.0 Å². The standard InChI is InChI=1S/C26H35N5O3/c1-19-16-22(29(3)4)28-25(27-19)26(2)11-7-13-31(18-26)24(33)20-8-5-9-21(17-20)34-15-14-30-12-6-10-23(30)32/h5,8-9,16-17H,6-7,10-15,18H2,1-4H3/t26-/m1/s1. The van der Waals surface area contributed by atoms with Crippen LogP contribution in [0.5, 0.6) is 5.75 Å². The quantitative estimate of drug-likeness (QED) is 0.625. The second-order valence-corrected chi connectivity index (χ2v) is 9.84. The molecular formula is C26H35N5O3. The van der Waals surface area contributed by atoms with E-state index in [1.54, 1.807) is 6.07 Å². The zero-order valence-corrected chi connectivity index (χ0v) is 20.7. The molecule has 4 rings (SSSR count). The number of hydrogen-bond acceptors (Lipinski definition) is 6. The molecule has 2 aliphatic heterocycles. The number of likely N-dealkylation sites (tertiary alicyclic amines) is 2. The number of piperidine rings is 1. The van der Waals surface area contributed by atoms with Crippen LogP contribution in [0.4, 0.5) is 5.82 Å². The van der Waals surface area contributed by atoms with Crippen LogP contribution in [-0.4, -0.2) is 78.5 Å². The molecule has 0 spiro atoms. The average Bonchev–Trinajstić information content (AvgIpc) is 3.23. The molecule has 2 fully saturated rings. The van der Waals surface area contributed by atoms with Crippen molar-refractivity contribution in [3.63, 3.8) is 0 Å². The summed E-state index contributed by atoms with van der Waals surface area (Å²) in [5, 5.41) is 0. The van der Waals surface area contributed by atoms with Gasteiger partial charge in [-0.15, -0.1) is 0 Å². The van der Waals surface area contributed by atoms with Crippen molar-refractivity contribution >= 4 is 17.6 Å². The molecule has 1 atom stereocenters. The number of carbonyl (C=O) groups is 2. The molecule has 3 heterocycles. The van der Waals surface area contributed by atoms with Gasteiger partial charge in [0.1, 0.15) is 24.0 Å². The molecule has 2 amide bonds. The molecular weight excluding hydrogens is 430 g/mol. The van der Waals surface area contributed by atoms with Gasteiger partial charge in [0.05, 0.1) is 6.54 Å². The van der Waals surface area contributed by atoms with Gasteiger partial charge in [0.25, 0.3) is 5.91 Å². The molecule has 1 aromatic carbocycles. The number of aromatic nitrogens is 2. The topological polar surface area (TPSA) is 78.9 Å². The number of aryl methyl sites for hydroxylation is 1. The Kier molecular flexibility index (Phi) is 7.05. The lowest BCUT2D eigenvalue weighted by molar-refractivity contribution is -0.128. The summed E-state index contributed by atoms with van der Waals surface area (Å²) >= 11 is 0. The van der Waals surface area contributed by atoms with Crippen molar-refractivity contribution < 1.29 is 14.3 Å². The van der Waals surface area contributed by atoms with Crippen LogP contribution in [0.2, 0.25) is 0 Å². The molecule has 0 radical (unpaired) electrons. The zero-order valence-electron chi connectivity index (χ0n) is 20.7. The first-order valence-electron chi connectivity index (χ1n) is 12.1. The van der Waals surface area contributed by atoms with Crippen molar-refractivity contribution in [1.82, 2.24) is 19.8 Å². The van der Waals surface area contributed by atoms with E-state index in [-0.39, 0.29) is 17.2 Å². The summed E-state index contributed by atoms with van der Waals surface area (Å²) in [5.74, 6) is 2.51. The maximum Gasteiger partial charge on any atom is 0.254 e. The monoisotopic (exact) mass is 465 g/mol. The highest BCUT2D eigenvalue weighted by molar-refractivity contribution is 5.94. The molecule has 0 N–H and O–H groups in total. The summed E-state index contributed by atoms with van der Waals surface area (Å²) in [6, 6.07) is 9.31. The van der Waals surface area contributed by atoms with Crippen LogP contribution in [-0.2, 0) is 10.2 Å². The molecule has 182 valence electrons. The Labute approximate surface area is 201 Å². The third-order valence-corrected chi connectivity index (χ3v) is 6.70. The van der Waals surface area contributed by atoms with E-state index in [4.69, 9.17) is 14.7 Å². The number of hydrogen-bond donors (Lipinski definition) is 0. The fourth-order valence-corrected chi connectivity index (χ4v) is 4.76. The maximum atomic E-state index is 13.4. The first kappa shape index (κ1) is 24.0. The summed E-state index contributed by atoms with van der Waals surface area (Å²) in [5.41, 5.74) is 1.23. The Morgan fingerprint density at radius 2 is 2.00 bits per heavy atom. The average molecular weight is 466 g/mol. The Hall–Kier alpha value is -3.16. The van der Waals surface area contributed by atoms with Crippen molar-refractivity contribution in [2.75, 3.05) is 51.8 Å². The van der Waals surface area contributed by atoms with Crippen LogP contribution in [0.25, 0.3) is 0 Å². The number of nitrogens with zero attached hydrogens (tertiary/aromatic N) is 5. The van der Waals surface area contributed by atoms with E-state index in [1.165, 1.54) is 0 Å². The first-order chi connectivity index (χ1) is 16.2. The fourth-order valence-electron chi connectivity index (χ4n) is 4.76. The minimum Gasteiger partial charge on any atom is -0.492 e. The van der Waals surface area contributed by atoms with Crippen LogP contribution in [0.3, 0.4) is 0 Å². The highest BCUT2D eigenvalue weighted by atomic mass is 16.5. The van der Waals surface area contributed by atoms with Crippen LogP contribution in [0.15, 0.2) is 30.3 Å². The van der Waals surface area contributed by atoms with Gasteiger partial charge in [-0.1, -0.05) is 13.0 Å². The van der Waals surface area contributed by atoms with Crippen molar-refractivity contribution in [2.24, 2.45) is 0 Å². The molecule has 2 saturated heterocycles. The summed E-state index contributed by atoms with van der Waals surface area (Å²) in [6.45, 7) is 7.22. The highest BCUT2D eigenvalue weighted by Gasteiger charge is 2.37. The van der Waals surface area contributed by atoms with Gasteiger partial charge >= 0.3 is 0 Å². The fraction of sp³-hybridized carbons (Fsp3) is 0.538. The van der Waals surface area contributed by atoms with Gasteiger partial charge in [-0.05, 0) is 44.4 Å². The SMILES string of the molecule is Cc1cc(N(C)C)nc([C@]2(C)CCCN(C(=O)c3cccc(OCCN4CCCC4=O)c3)C2)n1. The van der Waals surface area contributed by atoms with Crippen LogP contribution in [0.1, 0.15) is 54.5 Å². The van der Waals surface area contributed by atoms with E-state index in [0.717, 1.165) is 43.1 Å². The number of rotatable bonds is 7. The molecule has 1 aromatic heterocycles. The third-order valence-electron chi connectivity index (χ3n) is 6.70. The number of benzene rings is 1. The van der Waals surface area contributed by atoms with Crippen molar-refractivity contribution in [2.45, 2.75) is 44.9 Å². The zero-order chi connectivity index (χ0) is 24.3. The lowest BCUT2D eigenvalue weighted by atomic mass is 9.80. The highest BCUT2D eigenvalue weighted by Crippen LogP contribution is 2.33. The maximum absolute atomic E-state index is 13.4. The van der Waals surface area contributed by atoms with Crippen molar-refractivity contribution in [3.05, 3.63) is 47.4 Å². The van der Waals surface area contributed by atoms with Crippen LogP contribution < -0.4 is 9.64 Å². The van der Waals surface area contributed by atoms with Gasteiger partial charge in [-0.3, -0.25) is 9.59 Å². The minimum absolute atomic E-state index is 0.00779. The summed E-state index contributed by atoms with van der Waals surface area (Å²) in [4.78, 5) is 40.5. The molecule has 0 unspecified atom stereocenters.